The molecule has 144 valence electrons. The van der Waals surface area contributed by atoms with E-state index in [0.29, 0.717) is 18.4 Å². The molecule has 0 atom stereocenters. The van der Waals surface area contributed by atoms with Crippen molar-refractivity contribution in [3.8, 4) is 0 Å². The van der Waals surface area contributed by atoms with Crippen LogP contribution in [0.1, 0.15) is 55.5 Å². The average molecular weight is 382 g/mol. The lowest BCUT2D eigenvalue weighted by molar-refractivity contribution is -0.150. The molecule has 0 spiro atoms. The molecule has 0 radical (unpaired) electrons. The number of carbonyl (C=O) groups is 2. The Balaban J connectivity index is 2.32. The quantitative estimate of drug-likeness (QED) is 0.702. The third-order valence-electron chi connectivity index (χ3n) is 4.57. The van der Waals surface area contributed by atoms with Crippen molar-refractivity contribution in [2.45, 2.75) is 56.9 Å². The maximum absolute atomic E-state index is 12.8. The second-order valence-corrected chi connectivity index (χ2v) is 8.21. The van der Waals surface area contributed by atoms with E-state index in [1.165, 1.54) is 12.1 Å². The molecule has 1 saturated carbocycles. The van der Waals surface area contributed by atoms with Crippen LogP contribution in [0.15, 0.2) is 23.1 Å². The standard InChI is InChI=1S/C18H26N2O5S/c1-4-19-26(23,24)14-9-8-13(3)15(12-14)16(21)20-18(10-6-7-11-18)17(22)25-5-2/h8-9,12,19H,4-7,10-11H2,1-3H3,(H,20,21). The molecule has 1 aliphatic carbocycles. The van der Waals surface area contributed by atoms with Crippen molar-refractivity contribution in [1.82, 2.24) is 10.0 Å². The fourth-order valence-corrected chi connectivity index (χ4v) is 4.27. The normalized spacial score (nSPS) is 16.3. The van der Waals surface area contributed by atoms with Crippen molar-refractivity contribution in [2.24, 2.45) is 0 Å². The van der Waals surface area contributed by atoms with Crippen LogP contribution >= 0.6 is 0 Å². The van der Waals surface area contributed by atoms with E-state index >= 15 is 0 Å². The highest BCUT2D eigenvalue weighted by atomic mass is 32.2. The number of benzene rings is 1. The number of rotatable bonds is 7. The maximum atomic E-state index is 12.8. The Morgan fingerprint density at radius 1 is 1.19 bits per heavy atom. The van der Waals surface area contributed by atoms with Gasteiger partial charge in [-0.3, -0.25) is 4.79 Å². The number of hydrogen-bond acceptors (Lipinski definition) is 5. The summed E-state index contributed by atoms with van der Waals surface area (Å²) in [5.74, 6) is -0.897. The number of sulfonamides is 1. The summed E-state index contributed by atoms with van der Waals surface area (Å²) in [7, 11) is -3.67. The Bertz CT molecular complexity index is 783. The van der Waals surface area contributed by atoms with Crippen molar-refractivity contribution in [3.63, 3.8) is 0 Å². The Labute approximate surface area is 154 Å². The van der Waals surface area contributed by atoms with Crippen molar-refractivity contribution in [1.29, 1.82) is 0 Å². The molecule has 0 saturated heterocycles. The van der Waals surface area contributed by atoms with Gasteiger partial charge in [0.15, 0.2) is 0 Å². The van der Waals surface area contributed by atoms with Crippen molar-refractivity contribution >= 4 is 21.9 Å². The summed E-state index contributed by atoms with van der Waals surface area (Å²) >= 11 is 0. The van der Waals surface area contributed by atoms with Crippen molar-refractivity contribution < 1.29 is 22.7 Å². The number of amides is 1. The third-order valence-corrected chi connectivity index (χ3v) is 6.12. The van der Waals surface area contributed by atoms with Crippen molar-refractivity contribution in [3.05, 3.63) is 29.3 Å². The molecule has 1 fully saturated rings. The van der Waals surface area contributed by atoms with Crippen LogP contribution in [0.3, 0.4) is 0 Å². The molecule has 1 aromatic carbocycles. The van der Waals surface area contributed by atoms with E-state index in [1.54, 1.807) is 26.8 Å². The summed E-state index contributed by atoms with van der Waals surface area (Å²) in [6, 6.07) is 4.39. The van der Waals surface area contributed by atoms with Gasteiger partial charge >= 0.3 is 5.97 Å². The molecule has 7 nitrogen and oxygen atoms in total. The summed E-state index contributed by atoms with van der Waals surface area (Å²) in [5, 5.41) is 2.82. The Morgan fingerprint density at radius 3 is 2.42 bits per heavy atom. The third kappa shape index (κ3) is 4.24. The second kappa shape index (κ2) is 8.18. The predicted molar refractivity (Wildman–Crippen MR) is 97.3 cm³/mol. The van der Waals surface area contributed by atoms with E-state index in [9.17, 15) is 18.0 Å². The SMILES string of the molecule is CCNS(=O)(=O)c1ccc(C)c(C(=O)NC2(C(=O)OCC)CCCC2)c1. The second-order valence-electron chi connectivity index (χ2n) is 6.44. The fourth-order valence-electron chi connectivity index (χ4n) is 3.20. The van der Waals surface area contributed by atoms with Gasteiger partial charge in [-0.2, -0.15) is 0 Å². The highest BCUT2D eigenvalue weighted by molar-refractivity contribution is 7.89. The highest BCUT2D eigenvalue weighted by Gasteiger charge is 2.44. The summed E-state index contributed by atoms with van der Waals surface area (Å²) in [6.07, 6.45) is 2.69. The van der Waals surface area contributed by atoms with E-state index in [-0.39, 0.29) is 23.6 Å². The zero-order chi connectivity index (χ0) is 19.4. The summed E-state index contributed by atoms with van der Waals surface area (Å²) in [4.78, 5) is 25.2. The molecular formula is C18H26N2O5S. The van der Waals surface area contributed by atoms with E-state index in [1.807, 2.05) is 0 Å². The lowest BCUT2D eigenvalue weighted by atomic mass is 9.96. The van der Waals surface area contributed by atoms with Gasteiger partial charge in [-0.1, -0.05) is 25.8 Å². The molecule has 26 heavy (non-hydrogen) atoms. The molecule has 1 aromatic rings. The van der Waals surface area contributed by atoms with Gasteiger partial charge in [0, 0.05) is 12.1 Å². The first kappa shape index (κ1) is 20.4. The van der Waals surface area contributed by atoms with Crippen LogP contribution in [0, 0.1) is 6.92 Å². The van der Waals surface area contributed by atoms with Crippen LogP contribution in [0.2, 0.25) is 0 Å². The molecule has 0 bridgehead atoms. The molecule has 0 unspecified atom stereocenters. The molecule has 1 amide bonds. The largest absolute Gasteiger partial charge is 0.464 e. The van der Waals surface area contributed by atoms with Crippen LogP contribution in [0.5, 0.6) is 0 Å². The van der Waals surface area contributed by atoms with Gasteiger partial charge in [0.25, 0.3) is 5.91 Å². The zero-order valence-corrected chi connectivity index (χ0v) is 16.2. The first-order valence-electron chi connectivity index (χ1n) is 8.86. The monoisotopic (exact) mass is 382 g/mol. The lowest BCUT2D eigenvalue weighted by Gasteiger charge is -2.28. The van der Waals surface area contributed by atoms with Gasteiger partial charge in [0.2, 0.25) is 10.0 Å². The Kier molecular flexibility index (Phi) is 6.41. The van der Waals surface area contributed by atoms with Gasteiger partial charge in [-0.25, -0.2) is 17.9 Å². The number of ether oxygens (including phenoxy) is 1. The molecule has 0 aromatic heterocycles. The number of nitrogens with one attached hydrogen (secondary N) is 2. The topological polar surface area (TPSA) is 102 Å². The Morgan fingerprint density at radius 2 is 1.85 bits per heavy atom. The zero-order valence-electron chi connectivity index (χ0n) is 15.4. The number of esters is 1. The fraction of sp³-hybridized carbons (Fsp3) is 0.556. The molecule has 1 aliphatic rings. The van der Waals surface area contributed by atoms with Crippen molar-refractivity contribution in [2.75, 3.05) is 13.2 Å². The minimum absolute atomic E-state index is 0.0201. The molecule has 2 N–H and O–H groups in total. The minimum atomic E-state index is -3.67. The predicted octanol–water partition coefficient (Wildman–Crippen LogP) is 1.90. The number of carbonyl (C=O) groups excluding carboxylic acids is 2. The van der Waals surface area contributed by atoms with Crippen LogP contribution < -0.4 is 10.0 Å². The van der Waals surface area contributed by atoms with E-state index in [2.05, 4.69) is 10.0 Å². The molecule has 0 aliphatic heterocycles. The van der Waals surface area contributed by atoms with Gasteiger partial charge in [-0.05, 0) is 44.4 Å². The van der Waals surface area contributed by atoms with Crippen LogP contribution in [0.4, 0.5) is 0 Å². The molecule has 2 rings (SSSR count). The molecular weight excluding hydrogens is 356 g/mol. The van der Waals surface area contributed by atoms with Crippen LogP contribution in [0.25, 0.3) is 0 Å². The summed E-state index contributed by atoms with van der Waals surface area (Å²) in [6.45, 7) is 5.63. The van der Waals surface area contributed by atoms with Gasteiger partial charge in [-0.15, -0.1) is 0 Å². The minimum Gasteiger partial charge on any atom is -0.464 e. The van der Waals surface area contributed by atoms with Gasteiger partial charge in [0.05, 0.1) is 11.5 Å². The maximum Gasteiger partial charge on any atom is 0.331 e. The van der Waals surface area contributed by atoms with E-state index in [4.69, 9.17) is 4.74 Å². The lowest BCUT2D eigenvalue weighted by Crippen LogP contribution is -2.53. The van der Waals surface area contributed by atoms with Gasteiger partial charge < -0.3 is 10.1 Å². The van der Waals surface area contributed by atoms with Crippen LogP contribution in [-0.4, -0.2) is 39.0 Å². The van der Waals surface area contributed by atoms with E-state index < -0.39 is 27.4 Å². The summed E-state index contributed by atoms with van der Waals surface area (Å²) in [5.41, 5.74) is -0.162. The first-order valence-corrected chi connectivity index (χ1v) is 10.3. The Hall–Kier alpha value is -1.93. The average Bonchev–Trinajstić information content (AvgIpc) is 3.05. The van der Waals surface area contributed by atoms with E-state index in [0.717, 1.165) is 12.8 Å². The number of aryl methyl sites for hydroxylation is 1. The smallest absolute Gasteiger partial charge is 0.331 e. The molecule has 8 heteroatoms. The molecule has 0 heterocycles. The first-order chi connectivity index (χ1) is 12.3. The van der Waals surface area contributed by atoms with Gasteiger partial charge in [0.1, 0.15) is 5.54 Å². The number of hydrogen-bond donors (Lipinski definition) is 2. The summed E-state index contributed by atoms with van der Waals surface area (Å²) < 4.78 is 32.0. The van der Waals surface area contributed by atoms with Crippen LogP contribution in [-0.2, 0) is 19.6 Å². The highest BCUT2D eigenvalue weighted by Crippen LogP contribution is 2.31.